The third kappa shape index (κ3) is 4.85. The molecule has 0 aliphatic heterocycles. The molecule has 0 unspecified atom stereocenters. The maximum Gasteiger partial charge on any atom is 0.315 e. The van der Waals surface area contributed by atoms with Crippen molar-refractivity contribution in [3.05, 3.63) is 38.9 Å². The molecule has 0 bridgehead atoms. The summed E-state index contributed by atoms with van der Waals surface area (Å²) in [7, 11) is 0. The second-order valence-electron chi connectivity index (χ2n) is 4.49. The van der Waals surface area contributed by atoms with Crippen molar-refractivity contribution in [2.45, 2.75) is 20.4 Å². The van der Waals surface area contributed by atoms with Gasteiger partial charge in [0.05, 0.1) is 23.8 Å². The molecule has 2 aromatic rings. The first kappa shape index (κ1) is 16.5. The van der Waals surface area contributed by atoms with Gasteiger partial charge in [-0.25, -0.2) is 14.8 Å². The minimum absolute atomic E-state index is 0.249. The highest BCUT2D eigenvalue weighted by Crippen LogP contribution is 2.19. The third-order valence-corrected chi connectivity index (χ3v) is 4.12. The molecule has 118 valence electrons. The molecule has 0 spiro atoms. The van der Waals surface area contributed by atoms with Crippen molar-refractivity contribution in [1.82, 2.24) is 20.6 Å². The number of urea groups is 1. The van der Waals surface area contributed by atoms with Gasteiger partial charge in [-0.05, 0) is 26.0 Å². The fraction of sp³-hybridized carbons (Fsp3) is 0.357. The lowest BCUT2D eigenvalue weighted by molar-refractivity contribution is 0.235. The number of nitrogens with zero attached hydrogens (tertiary/aromatic N) is 2. The molecule has 0 saturated heterocycles. The third-order valence-electron chi connectivity index (χ3n) is 2.76. The number of thiazole rings is 1. The highest BCUT2D eigenvalue weighted by Gasteiger charge is 2.07. The molecule has 6 nitrogen and oxygen atoms in total. The Morgan fingerprint density at radius 3 is 2.91 bits per heavy atom. The number of nitrogens with one attached hydrogen (secondary N) is 2. The molecule has 0 aliphatic rings. The molecular weight excluding hydrogens is 324 g/mol. The van der Waals surface area contributed by atoms with E-state index in [4.69, 9.17) is 16.3 Å². The molecule has 0 saturated carbocycles. The number of amides is 2. The molecule has 0 aliphatic carbocycles. The van der Waals surface area contributed by atoms with Crippen molar-refractivity contribution in [2.75, 3.05) is 13.2 Å². The number of hydrogen-bond acceptors (Lipinski definition) is 5. The lowest BCUT2D eigenvalue weighted by atomic mass is 10.4. The van der Waals surface area contributed by atoms with Gasteiger partial charge < -0.3 is 15.4 Å². The van der Waals surface area contributed by atoms with Gasteiger partial charge in [0.25, 0.3) is 0 Å². The van der Waals surface area contributed by atoms with Crippen molar-refractivity contribution in [3.8, 4) is 5.88 Å². The van der Waals surface area contributed by atoms with Crippen LogP contribution in [0.25, 0.3) is 0 Å². The summed E-state index contributed by atoms with van der Waals surface area (Å²) in [6.07, 6.45) is 1.60. The van der Waals surface area contributed by atoms with E-state index in [1.54, 1.807) is 29.7 Å². The molecule has 8 heteroatoms. The average Bonchev–Trinajstić information content (AvgIpc) is 2.81. The van der Waals surface area contributed by atoms with Gasteiger partial charge in [0.1, 0.15) is 11.6 Å². The van der Waals surface area contributed by atoms with Gasteiger partial charge in [-0.15, -0.1) is 11.3 Å². The summed E-state index contributed by atoms with van der Waals surface area (Å²) in [6.45, 7) is 5.00. The molecule has 2 rings (SSSR count). The Hall–Kier alpha value is -1.86. The van der Waals surface area contributed by atoms with E-state index < -0.39 is 0 Å². The molecule has 0 fully saturated rings. The Labute approximate surface area is 137 Å². The van der Waals surface area contributed by atoms with Crippen molar-refractivity contribution in [1.29, 1.82) is 0 Å². The maximum absolute atomic E-state index is 11.7. The van der Waals surface area contributed by atoms with E-state index in [0.717, 1.165) is 15.6 Å². The van der Waals surface area contributed by atoms with Crippen molar-refractivity contribution in [3.63, 3.8) is 0 Å². The van der Waals surface area contributed by atoms with Gasteiger partial charge in [-0.3, -0.25) is 0 Å². The number of rotatable bonds is 6. The largest absolute Gasteiger partial charge is 0.475 e. The van der Waals surface area contributed by atoms with Crippen LogP contribution in [-0.4, -0.2) is 29.2 Å². The minimum Gasteiger partial charge on any atom is -0.475 e. The number of halogens is 1. The Morgan fingerprint density at radius 1 is 1.41 bits per heavy atom. The standard InChI is InChI=1S/C14H17ClN4O2S/c1-9-12(22-10(2)19-9)8-18-14(20)17-6-7-21-13-11(15)4-3-5-16-13/h3-5H,6-8H2,1-2H3,(H2,17,18,20). The van der Waals surface area contributed by atoms with Gasteiger partial charge in [0.2, 0.25) is 5.88 Å². The van der Waals surface area contributed by atoms with Crippen LogP contribution in [-0.2, 0) is 6.54 Å². The quantitative estimate of drug-likeness (QED) is 0.793. The van der Waals surface area contributed by atoms with E-state index in [0.29, 0.717) is 30.6 Å². The normalized spacial score (nSPS) is 10.3. The molecule has 0 aromatic carbocycles. The Bertz CT molecular complexity index is 648. The van der Waals surface area contributed by atoms with Crippen LogP contribution in [0, 0.1) is 13.8 Å². The first-order valence-electron chi connectivity index (χ1n) is 6.74. The summed E-state index contributed by atoms with van der Waals surface area (Å²) in [4.78, 5) is 21.0. The zero-order valence-corrected chi connectivity index (χ0v) is 13.9. The molecule has 2 N–H and O–H groups in total. The van der Waals surface area contributed by atoms with E-state index in [1.165, 1.54) is 0 Å². The number of carbonyl (C=O) groups is 1. The predicted molar refractivity (Wildman–Crippen MR) is 86.6 cm³/mol. The average molecular weight is 341 g/mol. The first-order chi connectivity index (χ1) is 10.6. The number of hydrogen-bond donors (Lipinski definition) is 2. The summed E-state index contributed by atoms with van der Waals surface area (Å²) in [5, 5.41) is 6.94. The van der Waals surface area contributed by atoms with Gasteiger partial charge in [0, 0.05) is 11.1 Å². The second-order valence-corrected chi connectivity index (χ2v) is 6.18. The van der Waals surface area contributed by atoms with Gasteiger partial charge in [-0.1, -0.05) is 11.6 Å². The molecule has 22 heavy (non-hydrogen) atoms. The predicted octanol–water partition coefficient (Wildman–Crippen LogP) is 2.69. The van der Waals surface area contributed by atoms with Crippen LogP contribution in [0.15, 0.2) is 18.3 Å². The fourth-order valence-electron chi connectivity index (χ4n) is 1.75. The topological polar surface area (TPSA) is 76.1 Å². The Balaban J connectivity index is 1.66. The van der Waals surface area contributed by atoms with E-state index in [9.17, 15) is 4.79 Å². The van der Waals surface area contributed by atoms with Crippen molar-refractivity contribution >= 4 is 29.0 Å². The fourth-order valence-corrected chi connectivity index (χ4v) is 2.80. The summed E-state index contributed by atoms with van der Waals surface area (Å²) in [6, 6.07) is 3.18. The van der Waals surface area contributed by atoms with Gasteiger partial charge >= 0.3 is 6.03 Å². The minimum atomic E-state index is -0.249. The molecule has 0 atom stereocenters. The van der Waals surface area contributed by atoms with Crippen molar-refractivity contribution < 1.29 is 9.53 Å². The Kier molecular flexibility index (Phi) is 5.97. The summed E-state index contributed by atoms with van der Waals surface area (Å²) in [5.41, 5.74) is 0.955. The first-order valence-corrected chi connectivity index (χ1v) is 7.93. The van der Waals surface area contributed by atoms with Crippen LogP contribution >= 0.6 is 22.9 Å². The van der Waals surface area contributed by atoms with E-state index >= 15 is 0 Å². The number of aryl methyl sites for hydroxylation is 2. The molecule has 2 aromatic heterocycles. The molecule has 2 heterocycles. The second kappa shape index (κ2) is 7.95. The van der Waals surface area contributed by atoms with Crippen LogP contribution < -0.4 is 15.4 Å². The zero-order valence-electron chi connectivity index (χ0n) is 12.4. The van der Waals surface area contributed by atoms with E-state index in [-0.39, 0.29) is 6.03 Å². The van der Waals surface area contributed by atoms with Crippen LogP contribution in [0.2, 0.25) is 5.02 Å². The van der Waals surface area contributed by atoms with Crippen LogP contribution in [0.4, 0.5) is 4.79 Å². The lowest BCUT2D eigenvalue weighted by Crippen LogP contribution is -2.37. The Morgan fingerprint density at radius 2 is 2.23 bits per heavy atom. The highest BCUT2D eigenvalue weighted by molar-refractivity contribution is 7.11. The maximum atomic E-state index is 11.7. The highest BCUT2D eigenvalue weighted by atomic mass is 35.5. The molecule has 2 amide bonds. The summed E-state index contributed by atoms with van der Waals surface area (Å²) in [5.74, 6) is 0.363. The van der Waals surface area contributed by atoms with Crippen LogP contribution in [0.5, 0.6) is 5.88 Å². The lowest BCUT2D eigenvalue weighted by Gasteiger charge is -2.08. The van der Waals surface area contributed by atoms with E-state index in [2.05, 4.69) is 20.6 Å². The monoisotopic (exact) mass is 340 g/mol. The van der Waals surface area contributed by atoms with Gasteiger partial charge in [-0.2, -0.15) is 0 Å². The summed E-state index contributed by atoms with van der Waals surface area (Å²) < 4.78 is 5.38. The van der Waals surface area contributed by atoms with Crippen molar-refractivity contribution in [2.24, 2.45) is 0 Å². The smallest absolute Gasteiger partial charge is 0.315 e. The number of carbonyl (C=O) groups excluding carboxylic acids is 1. The van der Waals surface area contributed by atoms with Gasteiger partial charge in [0.15, 0.2) is 0 Å². The molecule has 0 radical (unpaired) electrons. The number of aromatic nitrogens is 2. The van der Waals surface area contributed by atoms with Crippen LogP contribution in [0.3, 0.4) is 0 Å². The number of ether oxygens (including phenoxy) is 1. The van der Waals surface area contributed by atoms with E-state index in [1.807, 2.05) is 13.8 Å². The van der Waals surface area contributed by atoms with Crippen LogP contribution in [0.1, 0.15) is 15.6 Å². The summed E-state index contributed by atoms with van der Waals surface area (Å²) >= 11 is 7.49. The number of pyridine rings is 1. The zero-order chi connectivity index (χ0) is 15.9. The molecular formula is C14H17ClN4O2S. The SMILES string of the molecule is Cc1nc(C)c(CNC(=O)NCCOc2ncccc2Cl)s1.